The monoisotopic (exact) mass is 1440 g/mol. The normalized spacial score (nSPS) is 38.5. The summed E-state index contributed by atoms with van der Waals surface area (Å²) < 4.78 is 102. The van der Waals surface area contributed by atoms with Crippen LogP contribution >= 0.6 is 0 Å². The molecule has 15 N–H and O–H groups in total. The average molecular weight is 1440 g/mol. The fraction of sp³-hybridized carbons (Fsp3) is 0.900. The van der Waals surface area contributed by atoms with E-state index in [1.54, 1.807) is 20.8 Å². The molecule has 7 rings (SSSR count). The molecule has 0 aromatic rings. The highest BCUT2D eigenvalue weighted by Crippen LogP contribution is 2.36. The molecule has 3 amide bonds. The van der Waals surface area contributed by atoms with E-state index < -0.39 is 221 Å². The lowest BCUT2D eigenvalue weighted by Gasteiger charge is -2.41. The van der Waals surface area contributed by atoms with Crippen LogP contribution in [0.25, 0.3) is 0 Å². The van der Waals surface area contributed by atoms with Crippen molar-refractivity contribution in [3.8, 4) is 0 Å². The van der Waals surface area contributed by atoms with Crippen LogP contribution in [-0.2, 0) is 99.6 Å². The lowest BCUT2D eigenvalue weighted by Crippen LogP contribution is -2.59. The highest BCUT2D eigenvalue weighted by Gasteiger charge is 2.50. The second-order valence-corrected chi connectivity index (χ2v) is 24.8. The Balaban J connectivity index is 0.944. The second kappa shape index (κ2) is 40.9. The Labute approximate surface area is 568 Å². The molecule has 0 unspecified atom stereocenters. The number of alkyl carbamates (subject to hydrolysis) is 3. The number of carbonyl (C=O) groups is 6. The molecule has 39 heteroatoms. The van der Waals surface area contributed by atoms with Gasteiger partial charge in [-0.1, -0.05) is 0 Å². The van der Waals surface area contributed by atoms with E-state index in [2.05, 4.69) is 16.0 Å². The Morgan fingerprint density at radius 1 is 0.364 bits per heavy atom. The fourth-order valence-electron chi connectivity index (χ4n) is 11.9. The van der Waals surface area contributed by atoms with Crippen LogP contribution in [0.5, 0.6) is 0 Å². The van der Waals surface area contributed by atoms with Crippen LogP contribution in [0.4, 0.5) is 14.4 Å². The summed E-state index contributed by atoms with van der Waals surface area (Å²) in [6, 6.07) is 0. The highest BCUT2D eigenvalue weighted by molar-refractivity contribution is 5.77. The van der Waals surface area contributed by atoms with Gasteiger partial charge in [0.15, 0.2) is 37.2 Å². The summed E-state index contributed by atoms with van der Waals surface area (Å²) in [5, 5.41) is 126. The van der Waals surface area contributed by atoms with Crippen molar-refractivity contribution in [3.63, 3.8) is 0 Å². The van der Waals surface area contributed by atoms with Crippen molar-refractivity contribution in [1.29, 1.82) is 0 Å². The molecule has 7 aliphatic heterocycles. The molecule has 39 nitrogen and oxygen atoms in total. The molecule has 7 aliphatic rings. The Hall–Kier alpha value is -4.74. The lowest BCUT2D eigenvalue weighted by atomic mass is 9.89. The first kappa shape index (κ1) is 81.6. The Bertz CT molecular complexity index is 2200. The first-order valence-electron chi connectivity index (χ1n) is 33.2. The number of hydrogen-bond acceptors (Lipinski definition) is 36. The number of cyclic esters (lactones) is 3. The quantitative estimate of drug-likeness (QED) is 0.0181. The molecule has 6 bridgehead atoms. The van der Waals surface area contributed by atoms with Crippen LogP contribution in [0, 0.1) is 17.8 Å². The number of aliphatic hydroxyl groups is 12. The van der Waals surface area contributed by atoms with E-state index in [1.165, 1.54) is 0 Å². The molecule has 0 aliphatic carbocycles. The van der Waals surface area contributed by atoms with Crippen LogP contribution in [0.3, 0.4) is 0 Å². The van der Waals surface area contributed by atoms with Gasteiger partial charge in [-0.3, -0.25) is 0 Å². The maximum Gasteiger partial charge on any atom is 0.407 e. The fourth-order valence-corrected chi connectivity index (χ4v) is 11.9. The van der Waals surface area contributed by atoms with Crippen molar-refractivity contribution in [2.75, 3.05) is 119 Å². The highest BCUT2D eigenvalue weighted by atomic mass is 16.7. The number of aliphatic hydroxyl groups excluding tert-OH is 12. The summed E-state index contributed by atoms with van der Waals surface area (Å²) >= 11 is 0. The summed E-state index contributed by atoms with van der Waals surface area (Å²) in [5.41, 5.74) is 0. The zero-order chi connectivity index (χ0) is 71.9. The van der Waals surface area contributed by atoms with E-state index in [0.717, 1.165) is 0 Å². The van der Waals surface area contributed by atoms with Crippen molar-refractivity contribution in [2.24, 2.45) is 17.8 Å². The molecule has 0 aromatic carbocycles. The van der Waals surface area contributed by atoms with Gasteiger partial charge in [0, 0.05) is 37.4 Å². The van der Waals surface area contributed by atoms with Gasteiger partial charge in [-0.2, -0.15) is 0 Å². The van der Waals surface area contributed by atoms with Gasteiger partial charge in [-0.15, -0.1) is 0 Å². The molecule has 7 saturated heterocycles. The molecule has 0 saturated carbocycles. The van der Waals surface area contributed by atoms with Crippen molar-refractivity contribution in [1.82, 2.24) is 16.0 Å². The molecule has 0 aromatic heterocycles. The minimum absolute atomic E-state index is 0.0419. The third-order valence-electron chi connectivity index (χ3n) is 17.8. The molecule has 7 fully saturated rings. The molecule has 27 atom stereocenters. The van der Waals surface area contributed by atoms with Crippen LogP contribution < -0.4 is 16.0 Å². The first-order valence-corrected chi connectivity index (χ1v) is 33.2. The number of esters is 3. The number of hydrogen-bond donors (Lipinski definition) is 15. The maximum absolute atomic E-state index is 14.4. The number of carbonyl (C=O) groups excluding carboxylic acids is 6. The molecule has 570 valence electrons. The number of amides is 3. The summed E-state index contributed by atoms with van der Waals surface area (Å²) in [6.07, 6.45) is -33.9. The smallest absolute Gasteiger partial charge is 0.407 e. The third kappa shape index (κ3) is 23.6. The molecular formula is C60H99N3O36. The Kier molecular flexibility index (Phi) is 33.7. The molecule has 0 spiro atoms. The van der Waals surface area contributed by atoms with Gasteiger partial charge >= 0.3 is 36.2 Å². The van der Waals surface area contributed by atoms with E-state index >= 15 is 0 Å². The van der Waals surface area contributed by atoms with Crippen molar-refractivity contribution in [2.45, 2.75) is 206 Å². The Morgan fingerprint density at radius 2 is 0.626 bits per heavy atom. The van der Waals surface area contributed by atoms with Crippen molar-refractivity contribution < 1.29 is 175 Å². The van der Waals surface area contributed by atoms with E-state index in [-0.39, 0.29) is 137 Å². The number of nitrogens with one attached hydrogen (secondary N) is 3. The summed E-state index contributed by atoms with van der Waals surface area (Å²) in [5.74, 6) is -5.22. The first-order chi connectivity index (χ1) is 47.4. The van der Waals surface area contributed by atoms with Crippen LogP contribution in [0.1, 0.15) is 59.3 Å². The van der Waals surface area contributed by atoms with Gasteiger partial charge in [0.25, 0.3) is 0 Å². The minimum Gasteiger partial charge on any atom is -0.458 e. The number of fused-ring (bicyclic) bond motifs is 6. The van der Waals surface area contributed by atoms with Crippen molar-refractivity contribution >= 4 is 36.2 Å². The third-order valence-corrected chi connectivity index (χ3v) is 17.8. The van der Waals surface area contributed by atoms with Crippen LogP contribution in [-0.4, -0.2) is 363 Å². The molecule has 99 heavy (non-hydrogen) atoms. The lowest BCUT2D eigenvalue weighted by molar-refractivity contribution is -0.302. The maximum atomic E-state index is 14.4. The predicted octanol–water partition coefficient (Wildman–Crippen LogP) is -7.04. The van der Waals surface area contributed by atoms with Gasteiger partial charge in [0.05, 0.1) is 117 Å². The number of rotatable bonds is 30. The second-order valence-electron chi connectivity index (χ2n) is 24.8. The van der Waals surface area contributed by atoms with Crippen LogP contribution in [0.2, 0.25) is 0 Å². The van der Waals surface area contributed by atoms with Gasteiger partial charge in [-0.05, 0) is 59.3 Å². The average Bonchev–Trinajstić information content (AvgIpc) is 0.825. The van der Waals surface area contributed by atoms with E-state index in [9.17, 15) is 90.0 Å². The van der Waals surface area contributed by atoms with Gasteiger partial charge in [0.2, 0.25) is 0 Å². The largest absolute Gasteiger partial charge is 0.458 e. The summed E-state index contributed by atoms with van der Waals surface area (Å²) in [7, 11) is 0. The van der Waals surface area contributed by atoms with Crippen molar-refractivity contribution in [3.05, 3.63) is 0 Å². The van der Waals surface area contributed by atoms with Gasteiger partial charge < -0.3 is 162 Å². The minimum atomic E-state index is -1.63. The predicted molar refractivity (Wildman–Crippen MR) is 320 cm³/mol. The SMILES string of the molecule is C[C@@H]1OC(=O)[C@H]2O[C@H](CC[C@H]2COC(=O)NCCOCCO[C@H]2O[C@H](CO)[C@@H](O)[C@H](O)[C@@H]2O)[C@H](C)OC(=O)[C@H]2O[C@H](CC[C@H]2COC(=O)NCCOCCO[C@H]2O[C@H](CO)[C@@H](O)[C@H](O)[C@@H]2O)[C@H](C)OC(=O)[C@H]2O[C@@H]1CC[C@H]2COC(=O)NCCOCCO[C@H]1O[C@H](CO)[C@@H](O)[C@H](O)[C@@H]1O. The zero-order valence-corrected chi connectivity index (χ0v) is 55.2. The standard InChI is InChI=1S/C60H99N3O36/c1-28-34-7-4-31(25-88-58(79)61-10-13-82-16-19-85-55-46(73)43(70)40(67)37(22-64)97-55)50(94-34)53(77)92-30(3)36-9-6-33(27-90-60(81)63-12-15-84-18-21-87-57-48(75)45(72)42(69)39(24-66)99-57)51(96-36)54(78)93-29(2)35-8-5-32(49(95-35)52(76)91-28)26-89-59(80)62-11-14-83-17-20-86-56-47(74)44(71)41(68)38(23-65)98-56/h28-51,55-57,64-75H,4-27H2,1-3H3,(H,61,79)(H,62,80)(H,63,81)/t28-,29-,30-,31-,32-,33-,34+,35+,36+,37+,38+,39+,40+,41+,42+,43-,44-,45-,46-,47-,48-,49-,50-,51-,55-,56-,57-/m0/s1. The van der Waals surface area contributed by atoms with E-state index in [0.29, 0.717) is 0 Å². The molecule has 0 radical (unpaired) electrons. The summed E-state index contributed by atoms with van der Waals surface area (Å²) in [6.45, 7) is 0.713. The van der Waals surface area contributed by atoms with Crippen LogP contribution in [0.15, 0.2) is 0 Å². The van der Waals surface area contributed by atoms with Gasteiger partial charge in [-0.25, -0.2) is 28.8 Å². The van der Waals surface area contributed by atoms with E-state index in [4.69, 9.17) is 85.3 Å². The zero-order valence-electron chi connectivity index (χ0n) is 55.2. The van der Waals surface area contributed by atoms with E-state index in [1.807, 2.05) is 0 Å². The Morgan fingerprint density at radius 3 is 0.879 bits per heavy atom. The topological polar surface area (TPSA) is 547 Å². The number of ether oxygens (including phenoxy) is 18. The summed E-state index contributed by atoms with van der Waals surface area (Å²) in [4.78, 5) is 82.2. The van der Waals surface area contributed by atoms with Gasteiger partial charge in [0.1, 0.15) is 91.6 Å². The molecular weight excluding hydrogens is 1340 g/mol. The molecule has 7 heterocycles.